The molecule has 1 amide bonds. The van der Waals surface area contributed by atoms with Crippen LogP contribution in [0.5, 0.6) is 11.5 Å². The van der Waals surface area contributed by atoms with E-state index in [1.165, 1.54) is 0 Å². The van der Waals surface area contributed by atoms with Crippen LogP contribution < -0.4 is 9.47 Å². The molecule has 0 bridgehead atoms. The molecule has 6 heteroatoms. The molecular formula is C17H19N3O3. The van der Waals surface area contributed by atoms with E-state index in [-0.39, 0.29) is 11.9 Å². The van der Waals surface area contributed by atoms with Crippen molar-refractivity contribution in [1.29, 1.82) is 0 Å². The minimum atomic E-state index is -0.00773. The molecule has 2 aromatic rings. The maximum atomic E-state index is 13.1. The summed E-state index contributed by atoms with van der Waals surface area (Å²) in [7, 11) is 0. The highest BCUT2D eigenvalue weighted by Crippen LogP contribution is 2.37. The Bertz CT molecular complexity index is 699. The summed E-state index contributed by atoms with van der Waals surface area (Å²) in [6.07, 6.45) is 4.80. The van der Waals surface area contributed by atoms with Crippen molar-refractivity contribution in [1.82, 2.24) is 15.1 Å². The quantitative estimate of drug-likeness (QED) is 0.925. The SMILES string of the molecule is O=C(c1cccc2c1OCCO2)N1CCCC[C@@H]1c1ccn[nH]1. The van der Waals surface area contributed by atoms with Crippen molar-refractivity contribution in [2.45, 2.75) is 25.3 Å². The van der Waals surface area contributed by atoms with Crippen molar-refractivity contribution in [3.8, 4) is 11.5 Å². The molecule has 6 nitrogen and oxygen atoms in total. The molecule has 0 saturated carbocycles. The molecule has 120 valence electrons. The van der Waals surface area contributed by atoms with Crippen LogP contribution in [0, 0.1) is 0 Å². The Morgan fingerprint density at radius 3 is 3.00 bits per heavy atom. The van der Waals surface area contributed by atoms with Crippen LogP contribution >= 0.6 is 0 Å². The van der Waals surface area contributed by atoms with Crippen LogP contribution in [0.3, 0.4) is 0 Å². The summed E-state index contributed by atoms with van der Waals surface area (Å²) < 4.78 is 11.3. The first kappa shape index (κ1) is 14.1. The number of rotatable bonds is 2. The van der Waals surface area contributed by atoms with Gasteiger partial charge in [0.2, 0.25) is 0 Å². The third-order valence-electron chi connectivity index (χ3n) is 4.44. The minimum absolute atomic E-state index is 0.00773. The fourth-order valence-electron chi connectivity index (χ4n) is 3.35. The molecule has 1 fully saturated rings. The van der Waals surface area contributed by atoms with Crippen LogP contribution in [0.1, 0.15) is 41.4 Å². The summed E-state index contributed by atoms with van der Waals surface area (Å²) in [6.45, 7) is 1.74. The summed E-state index contributed by atoms with van der Waals surface area (Å²) in [4.78, 5) is 15.1. The van der Waals surface area contributed by atoms with Gasteiger partial charge in [0.1, 0.15) is 13.2 Å². The van der Waals surface area contributed by atoms with Gasteiger partial charge >= 0.3 is 0 Å². The molecule has 1 saturated heterocycles. The van der Waals surface area contributed by atoms with Crippen LogP contribution in [0.15, 0.2) is 30.5 Å². The number of nitrogens with one attached hydrogen (secondary N) is 1. The molecule has 1 aromatic heterocycles. The van der Waals surface area contributed by atoms with E-state index in [9.17, 15) is 4.79 Å². The van der Waals surface area contributed by atoms with Gasteiger partial charge in [-0.15, -0.1) is 0 Å². The lowest BCUT2D eigenvalue weighted by atomic mass is 9.98. The van der Waals surface area contributed by atoms with E-state index in [2.05, 4.69) is 10.2 Å². The molecular weight excluding hydrogens is 294 g/mol. The molecule has 2 aliphatic rings. The normalized spacial score (nSPS) is 20.3. The second-order valence-corrected chi connectivity index (χ2v) is 5.85. The van der Waals surface area contributed by atoms with Gasteiger partial charge < -0.3 is 14.4 Å². The van der Waals surface area contributed by atoms with Gasteiger partial charge in [0, 0.05) is 12.7 Å². The van der Waals surface area contributed by atoms with Crippen LogP contribution in [-0.2, 0) is 0 Å². The smallest absolute Gasteiger partial charge is 0.258 e. The highest BCUT2D eigenvalue weighted by molar-refractivity contribution is 5.98. The molecule has 2 aliphatic heterocycles. The first-order valence-electron chi connectivity index (χ1n) is 8.03. The summed E-state index contributed by atoms with van der Waals surface area (Å²) in [5, 5.41) is 7.03. The van der Waals surface area contributed by atoms with Gasteiger partial charge in [0.25, 0.3) is 5.91 Å². The molecule has 1 N–H and O–H groups in total. The van der Waals surface area contributed by atoms with Crippen LogP contribution in [0.2, 0.25) is 0 Å². The summed E-state index contributed by atoms with van der Waals surface area (Å²) >= 11 is 0. The van der Waals surface area contributed by atoms with E-state index in [0.717, 1.165) is 31.5 Å². The third-order valence-corrected chi connectivity index (χ3v) is 4.44. The summed E-state index contributed by atoms with van der Waals surface area (Å²) in [5.41, 5.74) is 1.56. The number of amides is 1. The van der Waals surface area contributed by atoms with Crippen molar-refractivity contribution in [3.05, 3.63) is 41.7 Å². The van der Waals surface area contributed by atoms with Gasteiger partial charge in [-0.1, -0.05) is 6.07 Å². The standard InChI is InChI=1S/C17H19N3O3/c21-17(12-4-3-6-15-16(12)23-11-10-22-15)20-9-2-1-5-14(20)13-7-8-18-19-13/h3-4,6-8,14H,1-2,5,9-11H2,(H,18,19)/t14-/m1/s1. The van der Waals surface area contributed by atoms with Crippen LogP contribution in [0.4, 0.5) is 0 Å². The molecule has 1 aromatic carbocycles. The van der Waals surface area contributed by atoms with E-state index < -0.39 is 0 Å². The zero-order valence-corrected chi connectivity index (χ0v) is 12.8. The Balaban J connectivity index is 1.67. The van der Waals surface area contributed by atoms with Gasteiger partial charge in [-0.2, -0.15) is 5.10 Å². The van der Waals surface area contributed by atoms with Crippen molar-refractivity contribution in [3.63, 3.8) is 0 Å². The molecule has 0 aliphatic carbocycles. The predicted molar refractivity (Wildman–Crippen MR) is 83.6 cm³/mol. The molecule has 1 atom stereocenters. The maximum Gasteiger partial charge on any atom is 0.258 e. The number of aromatic amines is 1. The van der Waals surface area contributed by atoms with Crippen molar-refractivity contribution in [2.75, 3.05) is 19.8 Å². The number of H-pyrrole nitrogens is 1. The first-order chi connectivity index (χ1) is 11.3. The predicted octanol–water partition coefficient (Wildman–Crippen LogP) is 2.55. The topological polar surface area (TPSA) is 67.5 Å². The number of benzene rings is 1. The fourth-order valence-corrected chi connectivity index (χ4v) is 3.35. The van der Waals surface area contributed by atoms with Crippen LogP contribution in [0.25, 0.3) is 0 Å². The molecule has 0 spiro atoms. The summed E-state index contributed by atoms with van der Waals surface area (Å²) in [5.74, 6) is 1.21. The number of fused-ring (bicyclic) bond motifs is 1. The zero-order chi connectivity index (χ0) is 15.6. The number of ether oxygens (including phenoxy) is 2. The molecule has 0 unspecified atom stereocenters. The van der Waals surface area contributed by atoms with Gasteiger partial charge in [0.05, 0.1) is 17.3 Å². The van der Waals surface area contributed by atoms with Gasteiger partial charge in [0.15, 0.2) is 11.5 Å². The third kappa shape index (κ3) is 2.54. The van der Waals surface area contributed by atoms with E-state index in [4.69, 9.17) is 9.47 Å². The number of hydrogen-bond donors (Lipinski definition) is 1. The lowest BCUT2D eigenvalue weighted by Gasteiger charge is -2.35. The molecule has 0 radical (unpaired) electrons. The number of para-hydroxylation sites is 1. The first-order valence-corrected chi connectivity index (χ1v) is 8.03. The van der Waals surface area contributed by atoms with E-state index in [0.29, 0.717) is 30.3 Å². The van der Waals surface area contributed by atoms with Crippen molar-refractivity contribution >= 4 is 5.91 Å². The Hall–Kier alpha value is -2.50. The number of hydrogen-bond acceptors (Lipinski definition) is 4. The maximum absolute atomic E-state index is 13.1. The Morgan fingerprint density at radius 2 is 2.13 bits per heavy atom. The fraction of sp³-hybridized carbons (Fsp3) is 0.412. The lowest BCUT2D eigenvalue weighted by Crippen LogP contribution is -2.39. The van der Waals surface area contributed by atoms with E-state index in [1.807, 2.05) is 29.2 Å². The largest absolute Gasteiger partial charge is 0.486 e. The zero-order valence-electron chi connectivity index (χ0n) is 12.8. The van der Waals surface area contributed by atoms with Crippen molar-refractivity contribution < 1.29 is 14.3 Å². The van der Waals surface area contributed by atoms with Gasteiger partial charge in [-0.05, 0) is 37.5 Å². The molecule has 4 rings (SSSR count). The number of carbonyl (C=O) groups is 1. The monoisotopic (exact) mass is 313 g/mol. The lowest BCUT2D eigenvalue weighted by molar-refractivity contribution is 0.0596. The highest BCUT2D eigenvalue weighted by Gasteiger charge is 2.32. The Kier molecular flexibility index (Phi) is 3.65. The minimum Gasteiger partial charge on any atom is -0.486 e. The van der Waals surface area contributed by atoms with Crippen molar-refractivity contribution in [2.24, 2.45) is 0 Å². The number of carbonyl (C=O) groups excluding carboxylic acids is 1. The second-order valence-electron chi connectivity index (χ2n) is 5.85. The molecule has 23 heavy (non-hydrogen) atoms. The molecule has 3 heterocycles. The van der Waals surface area contributed by atoms with E-state index >= 15 is 0 Å². The Labute approximate surface area is 134 Å². The van der Waals surface area contributed by atoms with Gasteiger partial charge in [-0.3, -0.25) is 9.89 Å². The average molecular weight is 313 g/mol. The number of likely N-dealkylation sites (tertiary alicyclic amines) is 1. The number of piperidine rings is 1. The second kappa shape index (κ2) is 5.95. The number of aromatic nitrogens is 2. The summed E-state index contributed by atoms with van der Waals surface area (Å²) in [6, 6.07) is 7.48. The highest BCUT2D eigenvalue weighted by atomic mass is 16.6. The van der Waals surface area contributed by atoms with Crippen LogP contribution in [-0.4, -0.2) is 40.8 Å². The van der Waals surface area contributed by atoms with Gasteiger partial charge in [-0.25, -0.2) is 0 Å². The Morgan fingerprint density at radius 1 is 1.22 bits per heavy atom. The van der Waals surface area contributed by atoms with E-state index in [1.54, 1.807) is 6.20 Å². The average Bonchev–Trinajstić information content (AvgIpc) is 3.15. The number of nitrogens with zero attached hydrogens (tertiary/aromatic N) is 2.